The fourth-order valence-corrected chi connectivity index (χ4v) is 13.4. The molecule has 9 N–H and O–H groups in total. The van der Waals surface area contributed by atoms with Crippen LogP contribution in [0.2, 0.25) is 0 Å². The topological polar surface area (TPSA) is 228 Å². The summed E-state index contributed by atoms with van der Waals surface area (Å²) in [6.45, 7) is 2.85. The van der Waals surface area contributed by atoms with Gasteiger partial charge in [0.2, 0.25) is 5.91 Å². The first kappa shape index (κ1) is 88.3. The lowest BCUT2D eigenvalue weighted by Crippen LogP contribution is -2.65. The molecule has 2 saturated heterocycles. The van der Waals surface area contributed by atoms with E-state index in [-0.39, 0.29) is 18.9 Å². The molecule has 0 aromatic carbocycles. The summed E-state index contributed by atoms with van der Waals surface area (Å²) in [7, 11) is 0. The number of amides is 1. The van der Waals surface area contributed by atoms with Crippen LogP contribution in [0.15, 0.2) is 36.5 Å². The minimum atomic E-state index is -1.79. The molecule has 2 aliphatic heterocycles. The number of carbonyl (C=O) groups excluding carboxylic acids is 1. The van der Waals surface area contributed by atoms with Crippen LogP contribution in [0.1, 0.15) is 373 Å². The molecule has 2 aliphatic rings. The molecule has 12 atom stereocenters. The van der Waals surface area contributed by atoms with Gasteiger partial charge in [0.05, 0.1) is 32.0 Å². The van der Waals surface area contributed by atoms with Crippen molar-refractivity contribution < 1.29 is 64.6 Å². The molecule has 2 fully saturated rings. The molecule has 0 radical (unpaired) electrons. The van der Waals surface area contributed by atoms with Gasteiger partial charge in [-0.15, -0.1) is 0 Å². The lowest BCUT2D eigenvalue weighted by Gasteiger charge is -2.46. The number of hydrogen-bond acceptors (Lipinski definition) is 13. The van der Waals surface area contributed by atoms with Crippen molar-refractivity contribution in [3.63, 3.8) is 0 Å². The molecule has 0 aliphatic carbocycles. The summed E-state index contributed by atoms with van der Waals surface area (Å²) >= 11 is 0. The van der Waals surface area contributed by atoms with Crippen molar-refractivity contribution in [3.05, 3.63) is 36.5 Å². The molecule has 554 valence electrons. The molecule has 0 spiro atoms. The zero-order valence-corrected chi connectivity index (χ0v) is 60.7. The maximum absolute atomic E-state index is 13.4. The zero-order valence-electron chi connectivity index (χ0n) is 60.7. The number of allylic oxidation sites excluding steroid dienone is 5. The highest BCUT2D eigenvalue weighted by Crippen LogP contribution is 2.30. The molecule has 2 rings (SSSR count). The largest absolute Gasteiger partial charge is 0.394 e. The molecule has 2 heterocycles. The van der Waals surface area contributed by atoms with Crippen LogP contribution >= 0.6 is 0 Å². The Hall–Kier alpha value is -1.79. The molecule has 0 saturated carbocycles. The van der Waals surface area contributed by atoms with Gasteiger partial charge in [0.15, 0.2) is 12.6 Å². The van der Waals surface area contributed by atoms with E-state index in [0.717, 1.165) is 32.1 Å². The Bertz CT molecular complexity index is 1720. The number of hydrogen-bond donors (Lipinski definition) is 9. The maximum Gasteiger partial charge on any atom is 0.220 e. The summed E-state index contributed by atoms with van der Waals surface area (Å²) in [5, 5.41) is 87.6. The predicted octanol–water partition coefficient (Wildman–Crippen LogP) is 18.0. The van der Waals surface area contributed by atoms with E-state index in [0.29, 0.717) is 12.8 Å². The van der Waals surface area contributed by atoms with E-state index in [2.05, 4.69) is 43.5 Å². The summed E-state index contributed by atoms with van der Waals surface area (Å²) in [5.74, 6) is -0.242. The van der Waals surface area contributed by atoms with E-state index >= 15 is 0 Å². The number of unbranched alkanes of at least 4 members (excludes halogenated alkanes) is 51. The minimum Gasteiger partial charge on any atom is -0.394 e. The zero-order chi connectivity index (χ0) is 68.0. The van der Waals surface area contributed by atoms with Crippen LogP contribution in [-0.4, -0.2) is 140 Å². The fraction of sp³-hybridized carbons (Fsp3) is 0.912. The van der Waals surface area contributed by atoms with Crippen LogP contribution in [0.3, 0.4) is 0 Å². The molecule has 94 heavy (non-hydrogen) atoms. The molecular formula is C80H151NO13. The third-order valence-corrected chi connectivity index (χ3v) is 19.8. The van der Waals surface area contributed by atoms with Crippen molar-refractivity contribution in [2.75, 3.05) is 19.8 Å². The molecule has 14 nitrogen and oxygen atoms in total. The molecule has 0 aromatic heterocycles. The Labute approximate surface area is 576 Å². The summed E-state index contributed by atoms with van der Waals surface area (Å²) < 4.78 is 22.9. The second kappa shape index (κ2) is 64.6. The van der Waals surface area contributed by atoms with Crippen molar-refractivity contribution in [3.8, 4) is 0 Å². The Morgan fingerprint density at radius 1 is 0.372 bits per heavy atom. The van der Waals surface area contributed by atoms with Crippen molar-refractivity contribution >= 4 is 5.91 Å². The number of ether oxygens (including phenoxy) is 4. The van der Waals surface area contributed by atoms with Gasteiger partial charge in [0.1, 0.15) is 48.8 Å². The van der Waals surface area contributed by atoms with Crippen LogP contribution in [-0.2, 0) is 23.7 Å². The van der Waals surface area contributed by atoms with E-state index in [1.165, 1.54) is 308 Å². The number of nitrogens with one attached hydrogen (secondary N) is 1. The van der Waals surface area contributed by atoms with Gasteiger partial charge in [-0.3, -0.25) is 4.79 Å². The van der Waals surface area contributed by atoms with Gasteiger partial charge in [-0.05, 0) is 57.8 Å². The molecule has 14 heteroatoms. The standard InChI is InChI=1S/C80H151NO13/c1-3-5-7-9-11-13-15-17-19-21-23-25-27-29-31-33-34-36-37-39-41-43-45-47-49-51-53-55-57-59-61-63-69(84)68(67-91-79-77(90)75(88)78(71(66-83)93-79)94-80-76(89)74(87)73(86)70(65-82)92-80)81-72(85)64-62-60-58-56-54-52-50-48-46-44-42-40-38-35-32-30-28-26-24-22-20-18-16-14-12-10-8-6-4-2/h22,24,53,55,61,63,68-71,73-80,82-84,86-90H,3-21,23,25-52,54,56-60,62,64-67H2,1-2H3,(H,81,85)/b24-22-,55-53+,63-61+. The van der Waals surface area contributed by atoms with Crippen LogP contribution in [0.25, 0.3) is 0 Å². The third kappa shape index (κ3) is 47.3. The highest BCUT2D eigenvalue weighted by Gasteiger charge is 2.51. The first-order valence-electron chi connectivity index (χ1n) is 40.2. The average molecular weight is 1340 g/mol. The Kier molecular flexibility index (Phi) is 60.7. The summed E-state index contributed by atoms with van der Waals surface area (Å²) in [6.07, 6.45) is 68.1. The van der Waals surface area contributed by atoms with Gasteiger partial charge in [-0.2, -0.15) is 0 Å². The summed E-state index contributed by atoms with van der Waals surface area (Å²) in [5.41, 5.74) is 0. The van der Waals surface area contributed by atoms with Crippen LogP contribution in [0.5, 0.6) is 0 Å². The van der Waals surface area contributed by atoms with E-state index in [4.69, 9.17) is 18.9 Å². The van der Waals surface area contributed by atoms with Gasteiger partial charge < -0.3 is 65.1 Å². The number of carbonyl (C=O) groups is 1. The maximum atomic E-state index is 13.4. The second-order valence-electron chi connectivity index (χ2n) is 28.5. The Balaban J connectivity index is 1.63. The molecule has 0 bridgehead atoms. The number of aliphatic hydroxyl groups excluding tert-OH is 8. The van der Waals surface area contributed by atoms with Crippen molar-refractivity contribution in [1.29, 1.82) is 0 Å². The van der Waals surface area contributed by atoms with E-state index in [1.54, 1.807) is 6.08 Å². The quantitative estimate of drug-likeness (QED) is 0.0204. The number of rotatable bonds is 68. The molecule has 0 aromatic rings. The van der Waals surface area contributed by atoms with E-state index in [1.807, 2.05) is 6.08 Å². The van der Waals surface area contributed by atoms with Gasteiger partial charge in [0.25, 0.3) is 0 Å². The monoisotopic (exact) mass is 1330 g/mol. The second-order valence-corrected chi connectivity index (χ2v) is 28.5. The van der Waals surface area contributed by atoms with Crippen LogP contribution in [0, 0.1) is 0 Å². The van der Waals surface area contributed by atoms with Gasteiger partial charge in [0, 0.05) is 6.42 Å². The Morgan fingerprint density at radius 2 is 0.681 bits per heavy atom. The molecule has 1 amide bonds. The molecule has 12 unspecified atom stereocenters. The normalized spacial score (nSPS) is 22.6. The van der Waals surface area contributed by atoms with Crippen LogP contribution in [0.4, 0.5) is 0 Å². The first-order valence-corrected chi connectivity index (χ1v) is 40.2. The predicted molar refractivity (Wildman–Crippen MR) is 388 cm³/mol. The van der Waals surface area contributed by atoms with Crippen molar-refractivity contribution in [1.82, 2.24) is 5.32 Å². The third-order valence-electron chi connectivity index (χ3n) is 19.8. The van der Waals surface area contributed by atoms with Gasteiger partial charge in [-0.25, -0.2) is 0 Å². The SMILES string of the molecule is CCCCCCCCCC/C=C\CCCCCCCCCCCCCCCCCCCC(=O)NC(COC1OC(CO)C(OC2OC(CO)C(O)C(O)C2O)C(O)C1O)C(O)/C=C/CC/C=C/CCCCCCCCCCCCCCCCCCCCCCCCCCC. The Morgan fingerprint density at radius 3 is 1.04 bits per heavy atom. The van der Waals surface area contributed by atoms with Crippen molar-refractivity contribution in [2.45, 2.75) is 447 Å². The van der Waals surface area contributed by atoms with E-state index in [9.17, 15) is 45.6 Å². The lowest BCUT2D eigenvalue weighted by atomic mass is 9.97. The fourth-order valence-electron chi connectivity index (χ4n) is 13.4. The average Bonchev–Trinajstić information content (AvgIpc) is 0.794. The first-order chi connectivity index (χ1) is 46.1. The van der Waals surface area contributed by atoms with Crippen molar-refractivity contribution in [2.24, 2.45) is 0 Å². The minimum absolute atomic E-state index is 0.242. The summed E-state index contributed by atoms with van der Waals surface area (Å²) in [4.78, 5) is 13.4. The van der Waals surface area contributed by atoms with Crippen LogP contribution < -0.4 is 5.32 Å². The number of aliphatic hydroxyl groups is 8. The highest BCUT2D eigenvalue weighted by atomic mass is 16.7. The summed E-state index contributed by atoms with van der Waals surface area (Å²) in [6, 6.07) is -0.932. The smallest absolute Gasteiger partial charge is 0.220 e. The highest BCUT2D eigenvalue weighted by molar-refractivity contribution is 5.76. The van der Waals surface area contributed by atoms with Gasteiger partial charge >= 0.3 is 0 Å². The van der Waals surface area contributed by atoms with E-state index < -0.39 is 86.8 Å². The lowest BCUT2D eigenvalue weighted by molar-refractivity contribution is -0.359. The van der Waals surface area contributed by atoms with Gasteiger partial charge in [-0.1, -0.05) is 346 Å². The molecular weight excluding hydrogens is 1180 g/mol.